The van der Waals surface area contributed by atoms with E-state index in [-0.39, 0.29) is 16.5 Å². The van der Waals surface area contributed by atoms with Crippen LogP contribution in [0.4, 0.5) is 0 Å². The van der Waals surface area contributed by atoms with Crippen LogP contribution in [0.1, 0.15) is 23.8 Å². The molecule has 0 aromatic carbocycles. The number of nitrogens with zero attached hydrogens (tertiary/aromatic N) is 1. The molecule has 0 aliphatic heterocycles. The Balaban J connectivity index is 2.97. The molecule has 0 radical (unpaired) electrons. The van der Waals surface area contributed by atoms with E-state index in [1.54, 1.807) is 4.57 Å². The van der Waals surface area contributed by atoms with Crippen LogP contribution in [-0.2, 0) is 20.3 Å². The first-order chi connectivity index (χ1) is 8.90. The van der Waals surface area contributed by atoms with Gasteiger partial charge in [0, 0.05) is 37.1 Å². The molecular formula is C11H17ClN2O4S. The van der Waals surface area contributed by atoms with Gasteiger partial charge in [-0.15, -0.1) is 0 Å². The minimum Gasteiger partial charge on any atom is -0.383 e. The summed E-state index contributed by atoms with van der Waals surface area (Å²) in [4.78, 5) is 11.9. The van der Waals surface area contributed by atoms with E-state index in [1.807, 2.05) is 6.92 Å². The number of halogens is 1. The molecule has 0 unspecified atom stereocenters. The number of hydrogen-bond donors (Lipinski definition) is 1. The molecule has 0 bridgehead atoms. The lowest BCUT2D eigenvalue weighted by atomic mass is 10.3. The minimum absolute atomic E-state index is 0.0699. The van der Waals surface area contributed by atoms with Crippen molar-refractivity contribution in [2.75, 3.05) is 20.3 Å². The molecule has 0 fully saturated rings. The second kappa shape index (κ2) is 6.93. The van der Waals surface area contributed by atoms with E-state index in [0.29, 0.717) is 19.7 Å². The highest BCUT2D eigenvalue weighted by atomic mass is 35.7. The SMILES string of the molecule is CCCn1cc(S(=O)(=O)Cl)cc1C(=O)NCCOC. The highest BCUT2D eigenvalue weighted by molar-refractivity contribution is 8.13. The number of ether oxygens (including phenoxy) is 1. The molecule has 1 amide bonds. The lowest BCUT2D eigenvalue weighted by Gasteiger charge is -2.08. The Morgan fingerprint density at radius 1 is 1.53 bits per heavy atom. The van der Waals surface area contributed by atoms with Crippen molar-refractivity contribution in [3.05, 3.63) is 18.0 Å². The quantitative estimate of drug-likeness (QED) is 0.606. The van der Waals surface area contributed by atoms with Crippen LogP contribution in [0, 0.1) is 0 Å². The van der Waals surface area contributed by atoms with Gasteiger partial charge in [0.15, 0.2) is 0 Å². The van der Waals surface area contributed by atoms with E-state index in [0.717, 1.165) is 6.42 Å². The van der Waals surface area contributed by atoms with Crippen LogP contribution < -0.4 is 5.32 Å². The van der Waals surface area contributed by atoms with E-state index < -0.39 is 9.05 Å². The van der Waals surface area contributed by atoms with E-state index in [1.165, 1.54) is 19.4 Å². The fraction of sp³-hybridized carbons (Fsp3) is 0.545. The zero-order chi connectivity index (χ0) is 14.5. The molecule has 0 atom stereocenters. The van der Waals surface area contributed by atoms with Crippen molar-refractivity contribution in [1.82, 2.24) is 9.88 Å². The van der Waals surface area contributed by atoms with E-state index in [9.17, 15) is 13.2 Å². The molecule has 6 nitrogen and oxygen atoms in total. The average molecular weight is 309 g/mol. The summed E-state index contributed by atoms with van der Waals surface area (Å²) in [5.74, 6) is -0.350. The highest BCUT2D eigenvalue weighted by Gasteiger charge is 2.19. The summed E-state index contributed by atoms with van der Waals surface area (Å²) < 4.78 is 29.0. The first-order valence-corrected chi connectivity index (χ1v) is 8.13. The summed E-state index contributed by atoms with van der Waals surface area (Å²) in [6.07, 6.45) is 2.14. The molecular weight excluding hydrogens is 292 g/mol. The van der Waals surface area contributed by atoms with Gasteiger partial charge in [-0.05, 0) is 12.5 Å². The van der Waals surface area contributed by atoms with Gasteiger partial charge in [0.2, 0.25) is 0 Å². The standard InChI is InChI=1S/C11H17ClN2O4S/c1-3-5-14-8-9(19(12,16)17)7-10(14)11(15)13-4-6-18-2/h7-8H,3-6H2,1-2H3,(H,13,15). The summed E-state index contributed by atoms with van der Waals surface area (Å²) in [7, 11) is 2.98. The van der Waals surface area contributed by atoms with Gasteiger partial charge in [-0.25, -0.2) is 8.42 Å². The predicted molar refractivity (Wildman–Crippen MR) is 72.0 cm³/mol. The van der Waals surface area contributed by atoms with Crippen LogP contribution in [0.25, 0.3) is 0 Å². The Kier molecular flexibility index (Phi) is 5.84. The lowest BCUT2D eigenvalue weighted by Crippen LogP contribution is -2.28. The zero-order valence-corrected chi connectivity index (χ0v) is 12.4. The normalized spacial score (nSPS) is 11.5. The molecule has 0 saturated carbocycles. The summed E-state index contributed by atoms with van der Waals surface area (Å²) in [5.41, 5.74) is 0.275. The van der Waals surface area contributed by atoms with Gasteiger partial charge in [0.25, 0.3) is 15.0 Å². The summed E-state index contributed by atoms with van der Waals surface area (Å²) >= 11 is 0. The van der Waals surface area contributed by atoms with Gasteiger partial charge >= 0.3 is 0 Å². The molecule has 8 heteroatoms. The Bertz CT molecular complexity index is 539. The van der Waals surface area contributed by atoms with Gasteiger partial charge < -0.3 is 14.6 Å². The molecule has 0 saturated heterocycles. The van der Waals surface area contributed by atoms with Crippen molar-refractivity contribution < 1.29 is 17.9 Å². The predicted octanol–water partition coefficient (Wildman–Crippen LogP) is 1.20. The number of methoxy groups -OCH3 is 1. The fourth-order valence-corrected chi connectivity index (χ4v) is 2.35. The topological polar surface area (TPSA) is 77.4 Å². The third-order valence-electron chi connectivity index (χ3n) is 2.44. The molecule has 108 valence electrons. The summed E-state index contributed by atoms with van der Waals surface area (Å²) in [5, 5.41) is 2.64. The van der Waals surface area contributed by atoms with Crippen molar-refractivity contribution >= 4 is 25.6 Å². The fourth-order valence-electron chi connectivity index (χ4n) is 1.59. The van der Waals surface area contributed by atoms with Crippen molar-refractivity contribution in [3.8, 4) is 0 Å². The minimum atomic E-state index is -3.83. The number of amides is 1. The van der Waals surface area contributed by atoms with Crippen LogP contribution in [0.3, 0.4) is 0 Å². The first kappa shape index (κ1) is 16.0. The Morgan fingerprint density at radius 2 is 2.21 bits per heavy atom. The van der Waals surface area contributed by atoms with Crippen LogP contribution in [0.2, 0.25) is 0 Å². The van der Waals surface area contributed by atoms with E-state index in [2.05, 4.69) is 5.32 Å². The molecule has 1 aromatic rings. The van der Waals surface area contributed by atoms with Crippen LogP contribution >= 0.6 is 10.7 Å². The third-order valence-corrected chi connectivity index (χ3v) is 3.76. The molecule has 0 aliphatic carbocycles. The highest BCUT2D eigenvalue weighted by Crippen LogP contribution is 2.19. The molecule has 0 aliphatic rings. The average Bonchev–Trinajstić information content (AvgIpc) is 2.73. The number of aryl methyl sites for hydroxylation is 1. The van der Waals surface area contributed by atoms with Crippen LogP contribution in [0.5, 0.6) is 0 Å². The summed E-state index contributed by atoms with van der Waals surface area (Å²) in [6.45, 7) is 3.22. The third kappa shape index (κ3) is 4.52. The lowest BCUT2D eigenvalue weighted by molar-refractivity contribution is 0.0927. The first-order valence-electron chi connectivity index (χ1n) is 5.82. The number of hydrogen-bond acceptors (Lipinski definition) is 4. The van der Waals surface area contributed by atoms with Gasteiger partial charge in [-0.2, -0.15) is 0 Å². The van der Waals surface area contributed by atoms with Crippen LogP contribution in [-0.4, -0.2) is 39.2 Å². The maximum absolute atomic E-state index is 11.9. The maximum atomic E-state index is 11.9. The smallest absolute Gasteiger partial charge is 0.268 e. The van der Waals surface area contributed by atoms with Crippen molar-refractivity contribution in [2.45, 2.75) is 24.8 Å². The van der Waals surface area contributed by atoms with Crippen molar-refractivity contribution in [1.29, 1.82) is 0 Å². The molecule has 0 spiro atoms. The Morgan fingerprint density at radius 3 is 2.74 bits per heavy atom. The second-order valence-corrected chi connectivity index (χ2v) is 6.51. The molecule has 1 rings (SSSR count). The van der Waals surface area contributed by atoms with Crippen molar-refractivity contribution in [3.63, 3.8) is 0 Å². The maximum Gasteiger partial charge on any atom is 0.268 e. The molecule has 1 aromatic heterocycles. The number of carbonyl (C=O) groups excluding carboxylic acids is 1. The zero-order valence-electron chi connectivity index (χ0n) is 10.8. The molecule has 1 N–H and O–H groups in total. The molecule has 1 heterocycles. The Hall–Kier alpha value is -1.05. The number of rotatable bonds is 7. The molecule has 19 heavy (non-hydrogen) atoms. The monoisotopic (exact) mass is 308 g/mol. The van der Waals surface area contributed by atoms with Gasteiger partial charge in [-0.1, -0.05) is 6.92 Å². The van der Waals surface area contributed by atoms with Gasteiger partial charge in [0.05, 0.1) is 6.61 Å². The van der Waals surface area contributed by atoms with Gasteiger partial charge in [-0.3, -0.25) is 4.79 Å². The van der Waals surface area contributed by atoms with Gasteiger partial charge in [0.1, 0.15) is 10.6 Å². The second-order valence-electron chi connectivity index (χ2n) is 3.94. The Labute approximate surface area is 117 Å². The number of aromatic nitrogens is 1. The largest absolute Gasteiger partial charge is 0.383 e. The van der Waals surface area contributed by atoms with Crippen molar-refractivity contribution in [2.24, 2.45) is 0 Å². The van der Waals surface area contributed by atoms with E-state index >= 15 is 0 Å². The number of nitrogens with one attached hydrogen (secondary N) is 1. The number of carbonyl (C=O) groups is 1. The van der Waals surface area contributed by atoms with E-state index in [4.69, 9.17) is 15.4 Å². The summed E-state index contributed by atoms with van der Waals surface area (Å²) in [6, 6.07) is 1.28. The van der Waals surface area contributed by atoms with Crippen LogP contribution in [0.15, 0.2) is 17.2 Å².